The first-order chi connectivity index (χ1) is 9.08. The van der Waals surface area contributed by atoms with Crippen LogP contribution in [0.4, 0.5) is 0 Å². The van der Waals surface area contributed by atoms with Crippen molar-refractivity contribution >= 4 is 23.5 Å². The molecular formula is C14H29NO2S2. The molecule has 1 saturated heterocycles. The predicted molar refractivity (Wildman–Crippen MR) is 87.3 cm³/mol. The molecule has 1 aliphatic heterocycles. The molecule has 114 valence electrons. The number of thioether (sulfide) groups is 2. The summed E-state index contributed by atoms with van der Waals surface area (Å²) in [5.41, 5.74) is 0. The molecule has 2 N–H and O–H groups in total. The van der Waals surface area contributed by atoms with E-state index in [-0.39, 0.29) is 6.10 Å². The maximum absolute atomic E-state index is 9.86. The minimum atomic E-state index is -0.393. The molecule has 1 rings (SSSR count). The third kappa shape index (κ3) is 9.19. The summed E-state index contributed by atoms with van der Waals surface area (Å²) in [6, 6.07) is 0. The summed E-state index contributed by atoms with van der Waals surface area (Å²) >= 11 is 4.08. The molecule has 1 fully saturated rings. The molecule has 0 saturated carbocycles. The lowest BCUT2D eigenvalue weighted by molar-refractivity contribution is -0.00837. The van der Waals surface area contributed by atoms with E-state index in [2.05, 4.69) is 26.1 Å². The van der Waals surface area contributed by atoms with E-state index in [1.54, 1.807) is 0 Å². The van der Waals surface area contributed by atoms with Gasteiger partial charge in [-0.3, -0.25) is 0 Å². The Morgan fingerprint density at radius 1 is 1.32 bits per heavy atom. The lowest BCUT2D eigenvalue weighted by Crippen LogP contribution is -2.36. The van der Waals surface area contributed by atoms with Crippen molar-refractivity contribution in [2.24, 2.45) is 5.92 Å². The highest BCUT2D eigenvalue weighted by Crippen LogP contribution is 2.23. The molecule has 5 heteroatoms. The van der Waals surface area contributed by atoms with Crippen LogP contribution in [0.15, 0.2) is 0 Å². The molecule has 0 aliphatic carbocycles. The fourth-order valence-corrected chi connectivity index (χ4v) is 4.78. The average Bonchev–Trinajstić information content (AvgIpc) is 2.37. The number of hydrogen-bond acceptors (Lipinski definition) is 5. The third-order valence-corrected chi connectivity index (χ3v) is 5.86. The summed E-state index contributed by atoms with van der Waals surface area (Å²) in [5.74, 6) is 4.42. The molecule has 0 amide bonds. The number of hydrogen-bond donors (Lipinski definition) is 2. The maximum Gasteiger partial charge on any atom is 0.0897 e. The lowest BCUT2D eigenvalue weighted by Gasteiger charge is -2.22. The zero-order valence-electron chi connectivity index (χ0n) is 12.4. The molecule has 3 nitrogen and oxygen atoms in total. The zero-order valence-corrected chi connectivity index (χ0v) is 14.1. The van der Waals surface area contributed by atoms with Gasteiger partial charge in [0, 0.05) is 35.6 Å². The molecule has 0 spiro atoms. The normalized spacial score (nSPS) is 23.5. The largest absolute Gasteiger partial charge is 0.389 e. The van der Waals surface area contributed by atoms with Crippen molar-refractivity contribution in [1.82, 2.24) is 5.32 Å². The Hall–Kier alpha value is 0.580. The monoisotopic (exact) mass is 307 g/mol. The van der Waals surface area contributed by atoms with E-state index < -0.39 is 6.10 Å². The van der Waals surface area contributed by atoms with Crippen LogP contribution in [0.3, 0.4) is 0 Å². The highest BCUT2D eigenvalue weighted by atomic mass is 32.2. The Morgan fingerprint density at radius 2 is 2.11 bits per heavy atom. The van der Waals surface area contributed by atoms with Gasteiger partial charge in [0.1, 0.15) is 0 Å². The molecule has 0 radical (unpaired) electrons. The third-order valence-electron chi connectivity index (χ3n) is 3.01. The average molecular weight is 308 g/mol. The van der Waals surface area contributed by atoms with Gasteiger partial charge >= 0.3 is 0 Å². The van der Waals surface area contributed by atoms with Gasteiger partial charge in [0.25, 0.3) is 0 Å². The van der Waals surface area contributed by atoms with E-state index in [1.807, 2.05) is 23.5 Å². The Balaban J connectivity index is 1.99. The zero-order chi connectivity index (χ0) is 14.1. The maximum atomic E-state index is 9.86. The number of nitrogens with one attached hydrogen (secondary N) is 1. The van der Waals surface area contributed by atoms with Crippen LogP contribution in [0.1, 0.15) is 27.2 Å². The van der Waals surface area contributed by atoms with Crippen molar-refractivity contribution in [2.45, 2.75) is 44.6 Å². The van der Waals surface area contributed by atoms with Gasteiger partial charge in [0.2, 0.25) is 0 Å². The first kappa shape index (κ1) is 17.6. The topological polar surface area (TPSA) is 41.5 Å². The highest BCUT2D eigenvalue weighted by Gasteiger charge is 2.15. The molecule has 0 aromatic rings. The fourth-order valence-electron chi connectivity index (χ4n) is 2.13. The molecular weight excluding hydrogens is 278 g/mol. The van der Waals surface area contributed by atoms with Gasteiger partial charge in [-0.15, -0.1) is 0 Å². The SMILES string of the molecule is CC(C)CC(C)OCC(O)CNCC1CSCCS1. The summed E-state index contributed by atoms with van der Waals surface area (Å²) < 4.78 is 5.66. The summed E-state index contributed by atoms with van der Waals surface area (Å²) in [4.78, 5) is 0. The minimum absolute atomic E-state index is 0.236. The number of aliphatic hydroxyl groups is 1. The van der Waals surface area contributed by atoms with E-state index in [0.29, 0.717) is 24.3 Å². The van der Waals surface area contributed by atoms with E-state index in [4.69, 9.17) is 4.74 Å². The van der Waals surface area contributed by atoms with Crippen molar-refractivity contribution < 1.29 is 9.84 Å². The van der Waals surface area contributed by atoms with Gasteiger partial charge in [0.05, 0.1) is 18.8 Å². The van der Waals surface area contributed by atoms with Gasteiger partial charge in [-0.05, 0) is 19.3 Å². The van der Waals surface area contributed by atoms with Crippen LogP contribution in [0.25, 0.3) is 0 Å². The van der Waals surface area contributed by atoms with Crippen LogP contribution in [0.5, 0.6) is 0 Å². The summed E-state index contributed by atoms with van der Waals surface area (Å²) in [6.07, 6.45) is 0.895. The lowest BCUT2D eigenvalue weighted by atomic mass is 10.1. The number of aliphatic hydroxyl groups excluding tert-OH is 1. The van der Waals surface area contributed by atoms with Gasteiger partial charge in [-0.25, -0.2) is 0 Å². The second-order valence-corrected chi connectivity index (χ2v) is 8.21. The molecule has 19 heavy (non-hydrogen) atoms. The fraction of sp³-hybridized carbons (Fsp3) is 1.00. The highest BCUT2D eigenvalue weighted by molar-refractivity contribution is 8.06. The van der Waals surface area contributed by atoms with E-state index in [9.17, 15) is 5.11 Å². The first-order valence-corrected chi connectivity index (χ1v) is 9.48. The molecule has 0 bridgehead atoms. The Labute approximate surface area is 126 Å². The standard InChI is InChI=1S/C14H29NO2S2/c1-11(2)6-12(3)17-9-13(16)7-15-8-14-10-18-4-5-19-14/h11-16H,4-10H2,1-3H3. The Bertz CT molecular complexity index is 223. The van der Waals surface area contributed by atoms with Gasteiger partial charge in [0.15, 0.2) is 0 Å². The molecule has 0 aromatic carbocycles. The van der Waals surface area contributed by atoms with Crippen LogP contribution >= 0.6 is 23.5 Å². The van der Waals surface area contributed by atoms with Crippen molar-refractivity contribution in [2.75, 3.05) is 37.0 Å². The van der Waals surface area contributed by atoms with Crippen molar-refractivity contribution in [3.63, 3.8) is 0 Å². The smallest absolute Gasteiger partial charge is 0.0897 e. The molecule has 3 atom stereocenters. The van der Waals surface area contributed by atoms with Crippen LogP contribution in [-0.2, 0) is 4.74 Å². The summed E-state index contributed by atoms with van der Waals surface area (Å²) in [5, 5.41) is 13.9. The predicted octanol–water partition coefficient (Wildman–Crippen LogP) is 2.24. The second kappa shape index (κ2) is 10.3. The van der Waals surface area contributed by atoms with E-state index in [0.717, 1.165) is 13.0 Å². The number of ether oxygens (including phenoxy) is 1. The van der Waals surface area contributed by atoms with Crippen LogP contribution in [-0.4, -0.2) is 59.5 Å². The van der Waals surface area contributed by atoms with Gasteiger partial charge in [-0.2, -0.15) is 23.5 Å². The van der Waals surface area contributed by atoms with Crippen LogP contribution in [0.2, 0.25) is 0 Å². The van der Waals surface area contributed by atoms with Gasteiger partial charge < -0.3 is 15.2 Å². The van der Waals surface area contributed by atoms with Crippen LogP contribution in [0, 0.1) is 5.92 Å². The van der Waals surface area contributed by atoms with Crippen molar-refractivity contribution in [3.8, 4) is 0 Å². The minimum Gasteiger partial charge on any atom is -0.389 e. The molecule has 1 heterocycles. The molecule has 3 unspecified atom stereocenters. The quantitative estimate of drug-likeness (QED) is 0.684. The Morgan fingerprint density at radius 3 is 2.74 bits per heavy atom. The van der Waals surface area contributed by atoms with E-state index >= 15 is 0 Å². The van der Waals surface area contributed by atoms with Crippen LogP contribution < -0.4 is 5.32 Å². The summed E-state index contributed by atoms with van der Waals surface area (Å²) in [7, 11) is 0. The summed E-state index contributed by atoms with van der Waals surface area (Å²) in [6.45, 7) is 8.53. The molecule has 0 aromatic heterocycles. The first-order valence-electron chi connectivity index (χ1n) is 7.27. The molecule has 1 aliphatic rings. The van der Waals surface area contributed by atoms with Crippen molar-refractivity contribution in [1.29, 1.82) is 0 Å². The Kier molecular flexibility index (Phi) is 9.58. The van der Waals surface area contributed by atoms with E-state index in [1.165, 1.54) is 17.3 Å². The van der Waals surface area contributed by atoms with Gasteiger partial charge in [-0.1, -0.05) is 13.8 Å². The van der Waals surface area contributed by atoms with Crippen molar-refractivity contribution in [3.05, 3.63) is 0 Å². The number of rotatable bonds is 9. The second-order valence-electron chi connectivity index (χ2n) is 5.65.